The van der Waals surface area contributed by atoms with Crippen LogP contribution in [-0.4, -0.2) is 18.0 Å². The highest BCUT2D eigenvalue weighted by Gasteiger charge is 2.33. The van der Waals surface area contributed by atoms with Crippen LogP contribution in [0.25, 0.3) is 0 Å². The van der Waals surface area contributed by atoms with Crippen LogP contribution in [0.4, 0.5) is 5.69 Å². The maximum Gasteiger partial charge on any atom is 0.253 e. The fourth-order valence-corrected chi connectivity index (χ4v) is 2.37. The molecule has 0 unspecified atom stereocenters. The van der Waals surface area contributed by atoms with Gasteiger partial charge in [-0.1, -0.05) is 6.07 Å². The van der Waals surface area contributed by atoms with Crippen molar-refractivity contribution in [1.29, 1.82) is 0 Å². The first-order valence-electron chi connectivity index (χ1n) is 6.71. The number of nitrogens with one attached hydrogen (secondary N) is 2. The minimum atomic E-state index is 0.00541. The van der Waals surface area contributed by atoms with Gasteiger partial charge in [-0.3, -0.25) is 4.79 Å². The molecule has 3 nitrogen and oxygen atoms in total. The van der Waals surface area contributed by atoms with Gasteiger partial charge in [0.2, 0.25) is 0 Å². The summed E-state index contributed by atoms with van der Waals surface area (Å²) in [5.74, 6) is 0.0353. The van der Waals surface area contributed by atoms with Gasteiger partial charge in [-0.05, 0) is 57.7 Å². The SMILES string of the molecule is CCNc1cc(C)ccc1C(=O)NC1(C)CCC1. The molecule has 1 aliphatic carbocycles. The van der Waals surface area contributed by atoms with Gasteiger partial charge in [0.15, 0.2) is 0 Å². The van der Waals surface area contributed by atoms with E-state index in [4.69, 9.17) is 0 Å². The molecule has 1 amide bonds. The minimum absolute atomic E-state index is 0.00541. The molecule has 1 aromatic carbocycles. The summed E-state index contributed by atoms with van der Waals surface area (Å²) >= 11 is 0. The summed E-state index contributed by atoms with van der Waals surface area (Å²) in [5, 5.41) is 6.41. The van der Waals surface area contributed by atoms with E-state index in [0.717, 1.165) is 36.2 Å². The van der Waals surface area contributed by atoms with Crippen molar-refractivity contribution in [2.75, 3.05) is 11.9 Å². The number of benzene rings is 1. The van der Waals surface area contributed by atoms with Gasteiger partial charge < -0.3 is 10.6 Å². The van der Waals surface area contributed by atoms with Gasteiger partial charge in [-0.2, -0.15) is 0 Å². The highest BCUT2D eigenvalue weighted by atomic mass is 16.1. The topological polar surface area (TPSA) is 41.1 Å². The molecule has 1 fully saturated rings. The second kappa shape index (κ2) is 5.01. The summed E-state index contributed by atoms with van der Waals surface area (Å²) in [6, 6.07) is 5.92. The summed E-state index contributed by atoms with van der Waals surface area (Å²) in [6.45, 7) is 7.02. The molecule has 0 bridgehead atoms. The number of hydrogen-bond donors (Lipinski definition) is 2. The molecule has 0 saturated heterocycles. The monoisotopic (exact) mass is 246 g/mol. The molecule has 98 valence electrons. The molecule has 0 atom stereocenters. The lowest BCUT2D eigenvalue weighted by atomic mass is 9.78. The van der Waals surface area contributed by atoms with Crippen molar-refractivity contribution in [2.24, 2.45) is 0 Å². The first-order chi connectivity index (χ1) is 8.54. The van der Waals surface area contributed by atoms with Crippen molar-refractivity contribution < 1.29 is 4.79 Å². The quantitative estimate of drug-likeness (QED) is 0.857. The van der Waals surface area contributed by atoms with Crippen molar-refractivity contribution >= 4 is 11.6 Å². The molecular weight excluding hydrogens is 224 g/mol. The summed E-state index contributed by atoms with van der Waals surface area (Å²) in [7, 11) is 0. The summed E-state index contributed by atoms with van der Waals surface area (Å²) in [5.41, 5.74) is 2.84. The van der Waals surface area contributed by atoms with Crippen molar-refractivity contribution in [3.63, 3.8) is 0 Å². The highest BCUT2D eigenvalue weighted by Crippen LogP contribution is 2.31. The summed E-state index contributed by atoms with van der Waals surface area (Å²) < 4.78 is 0. The molecule has 3 heteroatoms. The maximum atomic E-state index is 12.3. The highest BCUT2D eigenvalue weighted by molar-refractivity contribution is 6.00. The molecule has 0 aromatic heterocycles. The van der Waals surface area contributed by atoms with Crippen LogP contribution in [-0.2, 0) is 0 Å². The largest absolute Gasteiger partial charge is 0.385 e. The Hall–Kier alpha value is -1.51. The zero-order valence-corrected chi connectivity index (χ0v) is 11.5. The third kappa shape index (κ3) is 2.66. The lowest BCUT2D eigenvalue weighted by Crippen LogP contribution is -2.51. The van der Waals surface area contributed by atoms with E-state index in [1.54, 1.807) is 0 Å². The van der Waals surface area contributed by atoms with Crippen LogP contribution in [0.1, 0.15) is 49.0 Å². The van der Waals surface area contributed by atoms with Crippen LogP contribution < -0.4 is 10.6 Å². The predicted octanol–water partition coefficient (Wildman–Crippen LogP) is 3.10. The van der Waals surface area contributed by atoms with Crippen molar-refractivity contribution in [3.8, 4) is 0 Å². The predicted molar refractivity (Wildman–Crippen MR) is 75.1 cm³/mol. The van der Waals surface area contributed by atoms with Crippen LogP contribution in [0.2, 0.25) is 0 Å². The van der Waals surface area contributed by atoms with E-state index in [9.17, 15) is 4.79 Å². The van der Waals surface area contributed by atoms with E-state index in [-0.39, 0.29) is 11.4 Å². The lowest BCUT2D eigenvalue weighted by molar-refractivity contribution is 0.0851. The fraction of sp³-hybridized carbons (Fsp3) is 0.533. The van der Waals surface area contributed by atoms with Gasteiger partial charge in [-0.15, -0.1) is 0 Å². The smallest absolute Gasteiger partial charge is 0.253 e. The average Bonchev–Trinajstić information content (AvgIpc) is 2.27. The van der Waals surface area contributed by atoms with Gasteiger partial charge in [-0.25, -0.2) is 0 Å². The number of aryl methyl sites for hydroxylation is 1. The van der Waals surface area contributed by atoms with Gasteiger partial charge in [0.25, 0.3) is 5.91 Å². The average molecular weight is 246 g/mol. The van der Waals surface area contributed by atoms with Crippen molar-refractivity contribution in [2.45, 2.75) is 45.6 Å². The zero-order chi connectivity index (χ0) is 13.2. The van der Waals surface area contributed by atoms with E-state index in [2.05, 4.69) is 17.6 Å². The molecule has 18 heavy (non-hydrogen) atoms. The van der Waals surface area contributed by atoms with Crippen molar-refractivity contribution in [1.82, 2.24) is 5.32 Å². The lowest BCUT2D eigenvalue weighted by Gasteiger charge is -2.39. The minimum Gasteiger partial charge on any atom is -0.385 e. The summed E-state index contributed by atoms with van der Waals surface area (Å²) in [4.78, 5) is 12.3. The Bertz CT molecular complexity index is 450. The summed E-state index contributed by atoms with van der Waals surface area (Å²) in [6.07, 6.45) is 3.38. The van der Waals surface area contributed by atoms with E-state index < -0.39 is 0 Å². The van der Waals surface area contributed by atoms with Crippen LogP contribution in [0.3, 0.4) is 0 Å². The standard InChI is InChI=1S/C15H22N2O/c1-4-16-13-10-11(2)6-7-12(13)14(18)17-15(3)8-5-9-15/h6-7,10,16H,4-5,8-9H2,1-3H3,(H,17,18). The van der Waals surface area contributed by atoms with Crippen LogP contribution in [0.5, 0.6) is 0 Å². The van der Waals surface area contributed by atoms with E-state index in [1.165, 1.54) is 6.42 Å². The first kappa shape index (κ1) is 12.9. The second-order valence-corrected chi connectivity index (χ2v) is 5.45. The molecule has 0 heterocycles. The number of rotatable bonds is 4. The molecule has 1 aromatic rings. The Morgan fingerprint density at radius 3 is 2.67 bits per heavy atom. The molecule has 0 aliphatic heterocycles. The number of amides is 1. The number of anilines is 1. The fourth-order valence-electron chi connectivity index (χ4n) is 2.37. The van der Waals surface area contributed by atoms with Gasteiger partial charge in [0.05, 0.1) is 5.56 Å². The van der Waals surface area contributed by atoms with Gasteiger partial charge >= 0.3 is 0 Å². The second-order valence-electron chi connectivity index (χ2n) is 5.45. The Morgan fingerprint density at radius 2 is 2.11 bits per heavy atom. The Morgan fingerprint density at radius 1 is 1.39 bits per heavy atom. The number of carbonyl (C=O) groups excluding carboxylic acids is 1. The van der Waals surface area contributed by atoms with Crippen LogP contribution >= 0.6 is 0 Å². The van der Waals surface area contributed by atoms with Crippen molar-refractivity contribution in [3.05, 3.63) is 29.3 Å². The van der Waals surface area contributed by atoms with Gasteiger partial charge in [0, 0.05) is 17.8 Å². The maximum absolute atomic E-state index is 12.3. The number of carbonyl (C=O) groups is 1. The molecule has 1 saturated carbocycles. The first-order valence-corrected chi connectivity index (χ1v) is 6.71. The van der Waals surface area contributed by atoms with Crippen LogP contribution in [0, 0.1) is 6.92 Å². The molecule has 0 radical (unpaired) electrons. The molecular formula is C15H22N2O. The van der Waals surface area contributed by atoms with E-state index >= 15 is 0 Å². The van der Waals surface area contributed by atoms with E-state index in [0.29, 0.717) is 0 Å². The Kier molecular flexibility index (Phi) is 3.60. The third-order valence-electron chi connectivity index (χ3n) is 3.66. The molecule has 2 rings (SSSR count). The Labute approximate surface area is 109 Å². The number of hydrogen-bond acceptors (Lipinski definition) is 2. The molecule has 2 N–H and O–H groups in total. The Balaban J connectivity index is 2.18. The molecule has 0 spiro atoms. The third-order valence-corrected chi connectivity index (χ3v) is 3.66. The normalized spacial score (nSPS) is 16.8. The van der Waals surface area contributed by atoms with E-state index in [1.807, 2.05) is 32.0 Å². The van der Waals surface area contributed by atoms with Gasteiger partial charge in [0.1, 0.15) is 0 Å². The van der Waals surface area contributed by atoms with Crippen LogP contribution in [0.15, 0.2) is 18.2 Å². The molecule has 1 aliphatic rings. The zero-order valence-electron chi connectivity index (χ0n) is 11.5.